The minimum absolute atomic E-state index is 0.229. The molecule has 0 saturated heterocycles. The Morgan fingerprint density at radius 1 is 1.64 bits per heavy atom. The minimum atomic E-state index is -3.08. The van der Waals surface area contributed by atoms with Gasteiger partial charge >= 0.3 is 0 Å². The highest BCUT2D eigenvalue weighted by Crippen LogP contribution is 2.18. The summed E-state index contributed by atoms with van der Waals surface area (Å²) >= 11 is 6.83. The highest BCUT2D eigenvalue weighted by Gasteiger charge is 2.26. The average Bonchev–Trinajstić information content (AvgIpc) is 2.51. The first-order valence-corrected chi connectivity index (χ1v) is 5.02. The standard InChI is InChI=1S/C7H9ClF2N2OS/c8-5-1-12-6(14-5)2-11-3-7(9,10)4-13/h1,11,13H,2-4H2. The molecule has 7 heteroatoms. The van der Waals surface area contributed by atoms with Gasteiger partial charge in [-0.15, -0.1) is 11.3 Å². The maximum atomic E-state index is 12.5. The molecule has 2 N–H and O–H groups in total. The van der Waals surface area contributed by atoms with Gasteiger partial charge in [-0.2, -0.15) is 0 Å². The average molecular weight is 243 g/mol. The third-order valence-corrected chi connectivity index (χ3v) is 2.53. The number of hydrogen-bond acceptors (Lipinski definition) is 4. The number of aliphatic hydroxyl groups is 1. The number of halogens is 3. The summed E-state index contributed by atoms with van der Waals surface area (Å²) in [6, 6.07) is 0. The van der Waals surface area contributed by atoms with Crippen LogP contribution in [-0.2, 0) is 6.54 Å². The second kappa shape index (κ2) is 4.97. The third kappa shape index (κ3) is 3.83. The summed E-state index contributed by atoms with van der Waals surface area (Å²) in [6.45, 7) is -1.49. The molecule has 0 aliphatic heterocycles. The molecular formula is C7H9ClF2N2OS. The normalized spacial score (nSPS) is 12.0. The van der Waals surface area contributed by atoms with Crippen molar-refractivity contribution in [2.75, 3.05) is 13.2 Å². The maximum absolute atomic E-state index is 12.5. The van der Waals surface area contributed by atoms with Crippen molar-refractivity contribution in [3.05, 3.63) is 15.5 Å². The lowest BCUT2D eigenvalue weighted by Gasteiger charge is -2.12. The van der Waals surface area contributed by atoms with Gasteiger partial charge in [-0.05, 0) is 0 Å². The number of aromatic nitrogens is 1. The van der Waals surface area contributed by atoms with Crippen molar-refractivity contribution in [2.45, 2.75) is 12.5 Å². The number of hydrogen-bond donors (Lipinski definition) is 2. The predicted molar refractivity (Wildman–Crippen MR) is 50.9 cm³/mol. The quantitative estimate of drug-likeness (QED) is 0.823. The fraction of sp³-hybridized carbons (Fsp3) is 0.571. The summed E-state index contributed by atoms with van der Waals surface area (Å²) in [7, 11) is 0. The van der Waals surface area contributed by atoms with Crippen LogP contribution in [0.2, 0.25) is 4.34 Å². The summed E-state index contributed by atoms with van der Waals surface area (Å²) in [5.74, 6) is -3.08. The van der Waals surface area contributed by atoms with Gasteiger partial charge in [0.2, 0.25) is 0 Å². The molecule has 0 radical (unpaired) electrons. The van der Waals surface area contributed by atoms with Gasteiger partial charge < -0.3 is 10.4 Å². The van der Waals surface area contributed by atoms with Crippen molar-refractivity contribution in [1.29, 1.82) is 0 Å². The molecule has 0 atom stereocenters. The molecule has 0 saturated carbocycles. The molecule has 0 unspecified atom stereocenters. The number of thiazole rings is 1. The summed E-state index contributed by atoms with van der Waals surface area (Å²) < 4.78 is 25.5. The van der Waals surface area contributed by atoms with E-state index in [2.05, 4.69) is 10.3 Å². The Hall–Kier alpha value is -0.300. The van der Waals surface area contributed by atoms with E-state index in [1.54, 1.807) is 0 Å². The maximum Gasteiger partial charge on any atom is 0.282 e. The molecule has 1 aromatic rings. The second-order valence-electron chi connectivity index (χ2n) is 2.68. The van der Waals surface area contributed by atoms with E-state index in [1.807, 2.05) is 0 Å². The van der Waals surface area contributed by atoms with E-state index in [9.17, 15) is 8.78 Å². The Bertz CT molecular complexity index is 295. The Labute approximate surface area is 88.7 Å². The Morgan fingerprint density at radius 2 is 2.36 bits per heavy atom. The van der Waals surface area contributed by atoms with Crippen molar-refractivity contribution in [3.8, 4) is 0 Å². The van der Waals surface area contributed by atoms with E-state index in [-0.39, 0.29) is 6.54 Å². The fourth-order valence-electron chi connectivity index (χ4n) is 0.778. The van der Waals surface area contributed by atoms with Gasteiger partial charge in [-0.3, -0.25) is 0 Å². The molecule has 3 nitrogen and oxygen atoms in total. The van der Waals surface area contributed by atoms with E-state index < -0.39 is 19.1 Å². The topological polar surface area (TPSA) is 45.1 Å². The van der Waals surface area contributed by atoms with Crippen LogP contribution in [0.3, 0.4) is 0 Å². The monoisotopic (exact) mass is 242 g/mol. The molecule has 1 rings (SSSR count). The van der Waals surface area contributed by atoms with Crippen LogP contribution in [0, 0.1) is 0 Å². The van der Waals surface area contributed by atoms with Crippen molar-refractivity contribution < 1.29 is 13.9 Å². The summed E-state index contributed by atoms with van der Waals surface area (Å²) in [6.07, 6.45) is 1.47. The van der Waals surface area contributed by atoms with E-state index in [1.165, 1.54) is 17.5 Å². The van der Waals surface area contributed by atoms with Crippen LogP contribution >= 0.6 is 22.9 Å². The van der Waals surface area contributed by atoms with E-state index in [0.717, 1.165) is 0 Å². The Balaban J connectivity index is 2.28. The van der Waals surface area contributed by atoms with Gasteiger partial charge in [0, 0.05) is 6.54 Å². The number of rotatable bonds is 5. The van der Waals surface area contributed by atoms with Crippen LogP contribution in [0.5, 0.6) is 0 Å². The van der Waals surface area contributed by atoms with Crippen LogP contribution in [-0.4, -0.2) is 29.2 Å². The Kier molecular flexibility index (Phi) is 4.18. The molecule has 14 heavy (non-hydrogen) atoms. The minimum Gasteiger partial charge on any atom is -0.390 e. The Morgan fingerprint density at radius 3 is 2.86 bits per heavy atom. The first-order chi connectivity index (χ1) is 6.53. The van der Waals surface area contributed by atoms with Crippen molar-refractivity contribution in [1.82, 2.24) is 10.3 Å². The molecule has 0 aliphatic carbocycles. The number of nitrogens with zero attached hydrogens (tertiary/aromatic N) is 1. The van der Waals surface area contributed by atoms with Crippen LogP contribution in [0.4, 0.5) is 8.78 Å². The van der Waals surface area contributed by atoms with E-state index >= 15 is 0 Å². The zero-order valence-electron chi connectivity index (χ0n) is 7.14. The van der Waals surface area contributed by atoms with Crippen LogP contribution in [0.25, 0.3) is 0 Å². The van der Waals surface area contributed by atoms with Crippen LogP contribution < -0.4 is 5.32 Å². The van der Waals surface area contributed by atoms with Gasteiger partial charge in [-0.1, -0.05) is 11.6 Å². The molecule has 80 valence electrons. The largest absolute Gasteiger partial charge is 0.390 e. The summed E-state index contributed by atoms with van der Waals surface area (Å²) in [4.78, 5) is 3.88. The molecule has 1 heterocycles. The SMILES string of the molecule is OCC(F)(F)CNCc1ncc(Cl)s1. The first-order valence-electron chi connectivity index (χ1n) is 3.83. The molecular weight excluding hydrogens is 234 g/mol. The fourth-order valence-corrected chi connectivity index (χ4v) is 1.70. The molecule has 0 aromatic carbocycles. The molecule has 0 amide bonds. The van der Waals surface area contributed by atoms with Gasteiger partial charge in [0.05, 0.1) is 12.7 Å². The summed E-state index contributed by atoms with van der Waals surface area (Å²) in [5, 5.41) is 11.4. The van der Waals surface area contributed by atoms with E-state index in [0.29, 0.717) is 9.34 Å². The van der Waals surface area contributed by atoms with Gasteiger partial charge in [0.1, 0.15) is 16.0 Å². The molecule has 1 aromatic heterocycles. The van der Waals surface area contributed by atoms with Gasteiger partial charge in [-0.25, -0.2) is 13.8 Å². The van der Waals surface area contributed by atoms with Gasteiger partial charge in [0.25, 0.3) is 5.92 Å². The highest BCUT2D eigenvalue weighted by molar-refractivity contribution is 7.15. The van der Waals surface area contributed by atoms with Crippen LogP contribution in [0.15, 0.2) is 6.20 Å². The lowest BCUT2D eigenvalue weighted by Crippen LogP contribution is -2.35. The van der Waals surface area contributed by atoms with Crippen molar-refractivity contribution in [3.63, 3.8) is 0 Å². The molecule has 0 spiro atoms. The molecule has 0 aliphatic rings. The molecule has 0 fully saturated rings. The van der Waals surface area contributed by atoms with Crippen LogP contribution in [0.1, 0.15) is 5.01 Å². The second-order valence-corrected chi connectivity index (χ2v) is 4.42. The number of aliphatic hydroxyl groups excluding tert-OH is 1. The third-order valence-electron chi connectivity index (χ3n) is 1.42. The first kappa shape index (κ1) is 11.8. The zero-order chi connectivity index (χ0) is 10.6. The van der Waals surface area contributed by atoms with Gasteiger partial charge in [0.15, 0.2) is 0 Å². The molecule has 0 bridgehead atoms. The lowest BCUT2D eigenvalue weighted by molar-refractivity contribution is -0.0477. The highest BCUT2D eigenvalue weighted by atomic mass is 35.5. The van der Waals surface area contributed by atoms with E-state index in [4.69, 9.17) is 16.7 Å². The lowest BCUT2D eigenvalue weighted by atomic mass is 10.3. The number of nitrogens with one attached hydrogen (secondary N) is 1. The number of alkyl halides is 2. The smallest absolute Gasteiger partial charge is 0.282 e. The summed E-state index contributed by atoms with van der Waals surface area (Å²) in [5.41, 5.74) is 0. The van der Waals surface area contributed by atoms with Crippen molar-refractivity contribution in [2.24, 2.45) is 0 Å². The zero-order valence-corrected chi connectivity index (χ0v) is 8.71. The van der Waals surface area contributed by atoms with Crippen molar-refractivity contribution >= 4 is 22.9 Å². The predicted octanol–water partition coefficient (Wildman–Crippen LogP) is 1.51.